The minimum atomic E-state index is 0.0837. The molecule has 2 unspecified atom stereocenters. The van der Waals surface area contributed by atoms with Crippen molar-refractivity contribution in [2.45, 2.75) is 39.3 Å². The number of aryl methyl sites for hydroxylation is 1. The second-order valence-electron chi connectivity index (χ2n) is 5.24. The molecule has 0 aromatic carbocycles. The van der Waals surface area contributed by atoms with E-state index >= 15 is 0 Å². The van der Waals surface area contributed by atoms with Crippen molar-refractivity contribution in [1.82, 2.24) is 9.97 Å². The number of methoxy groups -OCH3 is 1. The second-order valence-corrected chi connectivity index (χ2v) is 5.24. The van der Waals surface area contributed by atoms with E-state index < -0.39 is 0 Å². The number of ether oxygens (including phenoxy) is 1. The summed E-state index contributed by atoms with van der Waals surface area (Å²) in [6, 6.07) is 2.37. The summed E-state index contributed by atoms with van der Waals surface area (Å²) in [4.78, 5) is 8.63. The van der Waals surface area contributed by atoms with Crippen LogP contribution in [-0.4, -0.2) is 29.2 Å². The highest BCUT2D eigenvalue weighted by molar-refractivity contribution is 5.34. The minimum absolute atomic E-state index is 0.0837. The average molecular weight is 236 g/mol. The Kier molecular flexibility index (Phi) is 2.95. The molecule has 1 aromatic heterocycles. The molecule has 5 nitrogen and oxygen atoms in total. The van der Waals surface area contributed by atoms with Crippen LogP contribution in [0.2, 0.25) is 0 Å². The summed E-state index contributed by atoms with van der Waals surface area (Å²) in [7, 11) is 1.61. The van der Waals surface area contributed by atoms with Crippen molar-refractivity contribution in [3.63, 3.8) is 0 Å². The number of hydrogen-bond donors (Lipinski definition) is 2. The molecule has 2 atom stereocenters. The van der Waals surface area contributed by atoms with Gasteiger partial charge in [-0.3, -0.25) is 0 Å². The lowest BCUT2D eigenvalue weighted by Gasteiger charge is -2.50. The molecular weight excluding hydrogens is 216 g/mol. The topological polar surface area (TPSA) is 73.1 Å². The molecule has 0 saturated heterocycles. The Hall–Kier alpha value is -1.36. The smallest absolute Gasteiger partial charge is 0.226 e. The van der Waals surface area contributed by atoms with Gasteiger partial charge in [-0.05, 0) is 13.3 Å². The van der Waals surface area contributed by atoms with E-state index in [2.05, 4.69) is 29.1 Å². The molecule has 1 saturated carbocycles. The van der Waals surface area contributed by atoms with Crippen molar-refractivity contribution >= 4 is 5.95 Å². The van der Waals surface area contributed by atoms with Gasteiger partial charge in [-0.25, -0.2) is 4.98 Å². The molecule has 2 rings (SSSR count). The highest BCUT2D eigenvalue weighted by Crippen LogP contribution is 2.40. The first kappa shape index (κ1) is 12.1. The van der Waals surface area contributed by atoms with Crippen LogP contribution in [0.25, 0.3) is 0 Å². The SMILES string of the molecule is COc1cc(C)nc(NC2CC(N)C2(C)C)n1. The molecule has 0 radical (unpaired) electrons. The van der Waals surface area contributed by atoms with E-state index in [4.69, 9.17) is 10.5 Å². The molecule has 5 heteroatoms. The fourth-order valence-corrected chi connectivity index (χ4v) is 2.07. The molecule has 1 aliphatic carbocycles. The lowest BCUT2D eigenvalue weighted by molar-refractivity contribution is 0.116. The summed E-state index contributed by atoms with van der Waals surface area (Å²) in [5, 5.41) is 3.33. The van der Waals surface area contributed by atoms with Crippen LogP contribution in [-0.2, 0) is 0 Å². The number of hydrogen-bond acceptors (Lipinski definition) is 5. The van der Waals surface area contributed by atoms with Crippen LogP contribution in [0.3, 0.4) is 0 Å². The van der Waals surface area contributed by atoms with E-state index in [0.717, 1.165) is 12.1 Å². The fourth-order valence-electron chi connectivity index (χ4n) is 2.07. The van der Waals surface area contributed by atoms with Crippen molar-refractivity contribution in [1.29, 1.82) is 0 Å². The molecule has 1 heterocycles. The maximum absolute atomic E-state index is 5.98. The Balaban J connectivity index is 2.12. The molecular formula is C12H20N4O. The van der Waals surface area contributed by atoms with Gasteiger partial charge in [0.1, 0.15) is 0 Å². The van der Waals surface area contributed by atoms with Gasteiger partial charge in [-0.2, -0.15) is 4.98 Å². The molecule has 0 amide bonds. The van der Waals surface area contributed by atoms with Crippen LogP contribution < -0.4 is 15.8 Å². The van der Waals surface area contributed by atoms with E-state index in [-0.39, 0.29) is 11.5 Å². The third-order valence-electron chi connectivity index (χ3n) is 3.69. The van der Waals surface area contributed by atoms with Crippen molar-refractivity contribution in [2.75, 3.05) is 12.4 Å². The molecule has 0 aliphatic heterocycles. The zero-order valence-electron chi connectivity index (χ0n) is 10.8. The van der Waals surface area contributed by atoms with Crippen LogP contribution in [0.5, 0.6) is 5.88 Å². The summed E-state index contributed by atoms with van der Waals surface area (Å²) in [6.45, 7) is 6.24. The normalized spacial score (nSPS) is 26.2. The van der Waals surface area contributed by atoms with Gasteiger partial charge in [-0.15, -0.1) is 0 Å². The van der Waals surface area contributed by atoms with E-state index in [1.165, 1.54) is 0 Å². The largest absolute Gasteiger partial charge is 0.481 e. The average Bonchev–Trinajstić information content (AvgIpc) is 2.28. The lowest BCUT2D eigenvalue weighted by Crippen LogP contribution is -2.61. The number of rotatable bonds is 3. The number of nitrogens with zero attached hydrogens (tertiary/aromatic N) is 2. The van der Waals surface area contributed by atoms with Crippen LogP contribution in [0, 0.1) is 12.3 Å². The van der Waals surface area contributed by atoms with Gasteiger partial charge in [0.05, 0.1) is 7.11 Å². The standard InChI is InChI=1S/C12H20N4O/c1-7-5-10(17-4)16-11(14-7)15-9-6-8(13)12(9,2)3/h5,8-9H,6,13H2,1-4H3,(H,14,15,16). The first-order valence-corrected chi connectivity index (χ1v) is 5.85. The Morgan fingerprint density at radius 2 is 2.18 bits per heavy atom. The third kappa shape index (κ3) is 2.20. The fraction of sp³-hybridized carbons (Fsp3) is 0.667. The Morgan fingerprint density at radius 3 is 2.71 bits per heavy atom. The molecule has 0 bridgehead atoms. The Bertz CT molecular complexity index is 419. The summed E-state index contributed by atoms with van der Waals surface area (Å²) in [6.07, 6.45) is 0.951. The van der Waals surface area contributed by atoms with Gasteiger partial charge < -0.3 is 15.8 Å². The summed E-state index contributed by atoms with van der Waals surface area (Å²) in [5.74, 6) is 1.20. The summed E-state index contributed by atoms with van der Waals surface area (Å²) < 4.78 is 5.13. The van der Waals surface area contributed by atoms with E-state index in [0.29, 0.717) is 17.9 Å². The van der Waals surface area contributed by atoms with Crippen molar-refractivity contribution in [3.05, 3.63) is 11.8 Å². The number of nitrogens with one attached hydrogen (secondary N) is 1. The first-order valence-electron chi connectivity index (χ1n) is 5.85. The van der Waals surface area contributed by atoms with Gasteiger partial charge in [0.15, 0.2) is 0 Å². The molecule has 0 spiro atoms. The monoisotopic (exact) mass is 236 g/mol. The molecule has 17 heavy (non-hydrogen) atoms. The second kappa shape index (κ2) is 4.14. The van der Waals surface area contributed by atoms with Gasteiger partial charge in [0.2, 0.25) is 11.8 Å². The molecule has 1 fully saturated rings. The number of anilines is 1. The van der Waals surface area contributed by atoms with Crippen molar-refractivity contribution in [2.24, 2.45) is 11.1 Å². The Morgan fingerprint density at radius 1 is 1.47 bits per heavy atom. The van der Waals surface area contributed by atoms with Gasteiger partial charge in [-0.1, -0.05) is 13.8 Å². The lowest BCUT2D eigenvalue weighted by atomic mass is 9.63. The molecule has 94 valence electrons. The molecule has 1 aliphatic rings. The highest BCUT2D eigenvalue weighted by Gasteiger charge is 2.46. The van der Waals surface area contributed by atoms with Crippen molar-refractivity contribution < 1.29 is 4.74 Å². The third-order valence-corrected chi connectivity index (χ3v) is 3.69. The predicted molar refractivity (Wildman–Crippen MR) is 67.1 cm³/mol. The van der Waals surface area contributed by atoms with Gasteiger partial charge in [0.25, 0.3) is 0 Å². The van der Waals surface area contributed by atoms with E-state index in [9.17, 15) is 0 Å². The zero-order chi connectivity index (χ0) is 12.6. The van der Waals surface area contributed by atoms with Gasteiger partial charge >= 0.3 is 0 Å². The van der Waals surface area contributed by atoms with Crippen LogP contribution in [0.15, 0.2) is 6.07 Å². The van der Waals surface area contributed by atoms with E-state index in [1.807, 2.05) is 13.0 Å². The minimum Gasteiger partial charge on any atom is -0.481 e. The van der Waals surface area contributed by atoms with E-state index in [1.54, 1.807) is 7.11 Å². The number of aromatic nitrogens is 2. The Labute approximate surface area is 102 Å². The van der Waals surface area contributed by atoms with Crippen LogP contribution in [0.4, 0.5) is 5.95 Å². The van der Waals surface area contributed by atoms with Gasteiger partial charge in [0, 0.05) is 29.3 Å². The zero-order valence-corrected chi connectivity index (χ0v) is 10.8. The maximum atomic E-state index is 5.98. The summed E-state index contributed by atoms with van der Waals surface area (Å²) in [5.41, 5.74) is 6.95. The molecule has 3 N–H and O–H groups in total. The highest BCUT2D eigenvalue weighted by atomic mass is 16.5. The first-order chi connectivity index (χ1) is 7.93. The van der Waals surface area contributed by atoms with Crippen LogP contribution >= 0.6 is 0 Å². The molecule has 1 aromatic rings. The van der Waals surface area contributed by atoms with Crippen molar-refractivity contribution in [3.8, 4) is 5.88 Å². The maximum Gasteiger partial charge on any atom is 0.226 e. The summed E-state index contributed by atoms with van der Waals surface area (Å²) >= 11 is 0. The quantitative estimate of drug-likeness (QED) is 0.828. The predicted octanol–water partition coefficient (Wildman–Crippen LogP) is 1.33. The van der Waals surface area contributed by atoms with Crippen LogP contribution in [0.1, 0.15) is 26.0 Å². The number of nitrogens with two attached hydrogens (primary N) is 1.